The van der Waals surface area contributed by atoms with Gasteiger partial charge in [-0.1, -0.05) is 6.92 Å². The zero-order chi connectivity index (χ0) is 13.7. The van der Waals surface area contributed by atoms with Crippen molar-refractivity contribution in [2.45, 2.75) is 19.8 Å². The molecule has 0 spiro atoms. The van der Waals surface area contributed by atoms with Gasteiger partial charge in [0, 0.05) is 13.1 Å². The first-order valence-electron chi connectivity index (χ1n) is 7.00. The van der Waals surface area contributed by atoms with E-state index >= 15 is 0 Å². The number of aromatic nitrogens is 1. The molecule has 3 N–H and O–H groups in total. The van der Waals surface area contributed by atoms with Crippen LogP contribution in [0.4, 0.5) is 11.5 Å². The van der Waals surface area contributed by atoms with Crippen molar-refractivity contribution in [3.8, 4) is 5.88 Å². The molecule has 0 amide bonds. The molecular formula is C14H24N4O. The SMILES string of the molecule is CCN(C)CCNc1ccc(N)c(OCC2CC2)n1. The smallest absolute Gasteiger partial charge is 0.239 e. The molecule has 0 radical (unpaired) electrons. The summed E-state index contributed by atoms with van der Waals surface area (Å²) in [6.45, 7) is 5.78. The molecule has 1 aliphatic rings. The van der Waals surface area contributed by atoms with E-state index in [0.29, 0.717) is 17.5 Å². The minimum atomic E-state index is 0.556. The Kier molecular flexibility index (Phi) is 4.85. The van der Waals surface area contributed by atoms with E-state index in [9.17, 15) is 0 Å². The summed E-state index contributed by atoms with van der Waals surface area (Å²) < 4.78 is 5.66. The Balaban J connectivity index is 1.84. The van der Waals surface area contributed by atoms with Crippen LogP contribution in [-0.2, 0) is 0 Å². The monoisotopic (exact) mass is 264 g/mol. The molecule has 0 atom stereocenters. The van der Waals surface area contributed by atoms with Gasteiger partial charge in [-0.05, 0) is 44.5 Å². The highest BCUT2D eigenvalue weighted by Gasteiger charge is 2.22. The molecule has 1 aromatic heterocycles. The normalized spacial score (nSPS) is 14.7. The Hall–Kier alpha value is -1.49. The molecule has 5 heteroatoms. The average molecular weight is 264 g/mol. The quantitative estimate of drug-likeness (QED) is 0.750. The summed E-state index contributed by atoms with van der Waals surface area (Å²) in [5.41, 5.74) is 6.48. The number of nitrogen functional groups attached to an aromatic ring is 1. The second-order valence-electron chi connectivity index (χ2n) is 5.17. The number of pyridine rings is 1. The van der Waals surface area contributed by atoms with E-state index in [-0.39, 0.29) is 0 Å². The topological polar surface area (TPSA) is 63.4 Å². The zero-order valence-corrected chi connectivity index (χ0v) is 11.9. The lowest BCUT2D eigenvalue weighted by Gasteiger charge is -2.15. The van der Waals surface area contributed by atoms with E-state index in [1.54, 1.807) is 0 Å². The maximum atomic E-state index is 5.87. The van der Waals surface area contributed by atoms with Crippen LogP contribution in [0.1, 0.15) is 19.8 Å². The van der Waals surface area contributed by atoms with E-state index < -0.39 is 0 Å². The number of hydrogen-bond donors (Lipinski definition) is 2. The summed E-state index contributed by atoms with van der Waals surface area (Å²) in [6, 6.07) is 3.74. The minimum absolute atomic E-state index is 0.556. The predicted octanol–water partition coefficient (Wildman–Crippen LogP) is 1.82. The van der Waals surface area contributed by atoms with Gasteiger partial charge in [0.2, 0.25) is 5.88 Å². The van der Waals surface area contributed by atoms with Crippen molar-refractivity contribution in [3.05, 3.63) is 12.1 Å². The molecular weight excluding hydrogens is 240 g/mol. The molecule has 1 aromatic rings. The van der Waals surface area contributed by atoms with Crippen LogP contribution in [0.15, 0.2) is 12.1 Å². The number of ether oxygens (including phenoxy) is 1. The van der Waals surface area contributed by atoms with Gasteiger partial charge in [-0.15, -0.1) is 0 Å². The number of nitrogens with zero attached hydrogens (tertiary/aromatic N) is 2. The Morgan fingerprint density at radius 2 is 2.26 bits per heavy atom. The molecule has 0 saturated heterocycles. The standard InChI is InChI=1S/C14H24N4O/c1-3-18(2)9-8-16-13-7-6-12(15)14(17-13)19-10-11-4-5-11/h6-7,11H,3-5,8-10,15H2,1-2H3,(H,16,17). The molecule has 19 heavy (non-hydrogen) atoms. The van der Waals surface area contributed by atoms with E-state index in [0.717, 1.165) is 32.1 Å². The van der Waals surface area contributed by atoms with Crippen LogP contribution in [0, 0.1) is 5.92 Å². The molecule has 0 bridgehead atoms. The summed E-state index contributed by atoms with van der Waals surface area (Å²) in [6.07, 6.45) is 2.53. The summed E-state index contributed by atoms with van der Waals surface area (Å²) in [7, 11) is 2.10. The van der Waals surface area contributed by atoms with Crippen molar-refractivity contribution in [2.75, 3.05) is 44.3 Å². The van der Waals surface area contributed by atoms with E-state index in [1.807, 2.05) is 12.1 Å². The first-order valence-corrected chi connectivity index (χ1v) is 7.00. The van der Waals surface area contributed by atoms with Crippen molar-refractivity contribution in [1.29, 1.82) is 0 Å². The van der Waals surface area contributed by atoms with Crippen LogP contribution in [0.3, 0.4) is 0 Å². The lowest BCUT2D eigenvalue weighted by Crippen LogP contribution is -2.25. The molecule has 1 saturated carbocycles. The fourth-order valence-electron chi connectivity index (χ4n) is 1.68. The maximum absolute atomic E-state index is 5.87. The van der Waals surface area contributed by atoms with Crippen LogP contribution < -0.4 is 15.8 Å². The Bertz CT molecular complexity index is 406. The van der Waals surface area contributed by atoms with Gasteiger partial charge in [-0.2, -0.15) is 4.98 Å². The van der Waals surface area contributed by atoms with Crippen LogP contribution in [-0.4, -0.2) is 43.2 Å². The van der Waals surface area contributed by atoms with Gasteiger partial charge < -0.3 is 20.7 Å². The number of rotatable bonds is 8. The molecule has 0 aliphatic heterocycles. The van der Waals surface area contributed by atoms with Crippen molar-refractivity contribution >= 4 is 11.5 Å². The highest BCUT2D eigenvalue weighted by atomic mass is 16.5. The highest BCUT2D eigenvalue weighted by molar-refractivity contribution is 5.53. The lowest BCUT2D eigenvalue weighted by atomic mass is 10.4. The van der Waals surface area contributed by atoms with Gasteiger partial charge in [0.25, 0.3) is 0 Å². The van der Waals surface area contributed by atoms with Crippen molar-refractivity contribution in [2.24, 2.45) is 5.92 Å². The highest BCUT2D eigenvalue weighted by Crippen LogP contribution is 2.30. The number of anilines is 2. The van der Waals surface area contributed by atoms with Crippen molar-refractivity contribution in [3.63, 3.8) is 0 Å². The molecule has 106 valence electrons. The number of hydrogen-bond acceptors (Lipinski definition) is 5. The van der Waals surface area contributed by atoms with Crippen LogP contribution in [0.5, 0.6) is 5.88 Å². The molecule has 2 rings (SSSR count). The lowest BCUT2D eigenvalue weighted by molar-refractivity contribution is 0.290. The Labute approximate surface area is 115 Å². The molecule has 0 aromatic carbocycles. The molecule has 1 aliphatic carbocycles. The van der Waals surface area contributed by atoms with E-state index in [4.69, 9.17) is 10.5 Å². The third kappa shape index (κ3) is 4.59. The second kappa shape index (κ2) is 6.61. The van der Waals surface area contributed by atoms with Crippen LogP contribution in [0.2, 0.25) is 0 Å². The Morgan fingerprint density at radius 3 is 2.95 bits per heavy atom. The molecule has 5 nitrogen and oxygen atoms in total. The van der Waals surface area contributed by atoms with Crippen molar-refractivity contribution < 1.29 is 4.74 Å². The fourth-order valence-corrected chi connectivity index (χ4v) is 1.68. The molecule has 1 heterocycles. The van der Waals surface area contributed by atoms with E-state index in [1.165, 1.54) is 12.8 Å². The van der Waals surface area contributed by atoms with Gasteiger partial charge in [0.1, 0.15) is 5.82 Å². The fraction of sp³-hybridized carbons (Fsp3) is 0.643. The number of nitrogens with two attached hydrogens (primary N) is 1. The number of nitrogens with one attached hydrogen (secondary N) is 1. The van der Waals surface area contributed by atoms with E-state index in [2.05, 4.69) is 29.2 Å². The van der Waals surface area contributed by atoms with Crippen LogP contribution >= 0.6 is 0 Å². The maximum Gasteiger partial charge on any atom is 0.239 e. The third-order valence-corrected chi connectivity index (χ3v) is 3.38. The summed E-state index contributed by atoms with van der Waals surface area (Å²) >= 11 is 0. The third-order valence-electron chi connectivity index (χ3n) is 3.38. The van der Waals surface area contributed by atoms with Gasteiger partial charge in [-0.3, -0.25) is 0 Å². The van der Waals surface area contributed by atoms with Gasteiger partial charge in [0.05, 0.1) is 12.3 Å². The first-order chi connectivity index (χ1) is 9.19. The Morgan fingerprint density at radius 1 is 1.47 bits per heavy atom. The number of likely N-dealkylation sites (N-methyl/N-ethyl adjacent to an activating group) is 1. The second-order valence-corrected chi connectivity index (χ2v) is 5.17. The summed E-state index contributed by atoms with van der Waals surface area (Å²) in [5, 5.41) is 3.29. The first kappa shape index (κ1) is 13.9. The summed E-state index contributed by atoms with van der Waals surface area (Å²) in [4.78, 5) is 6.66. The van der Waals surface area contributed by atoms with Crippen molar-refractivity contribution in [1.82, 2.24) is 9.88 Å². The van der Waals surface area contributed by atoms with Gasteiger partial charge in [-0.25, -0.2) is 0 Å². The summed E-state index contributed by atoms with van der Waals surface area (Å²) in [5.74, 6) is 2.08. The predicted molar refractivity (Wildman–Crippen MR) is 78.5 cm³/mol. The average Bonchev–Trinajstić information content (AvgIpc) is 3.23. The zero-order valence-electron chi connectivity index (χ0n) is 11.9. The van der Waals surface area contributed by atoms with Crippen LogP contribution in [0.25, 0.3) is 0 Å². The van der Waals surface area contributed by atoms with Gasteiger partial charge >= 0.3 is 0 Å². The molecule has 1 fully saturated rings. The molecule has 0 unspecified atom stereocenters. The minimum Gasteiger partial charge on any atom is -0.476 e. The largest absolute Gasteiger partial charge is 0.476 e. The van der Waals surface area contributed by atoms with Gasteiger partial charge in [0.15, 0.2) is 0 Å².